The third-order valence-corrected chi connectivity index (χ3v) is 3.23. The van der Waals surface area contributed by atoms with Gasteiger partial charge in [0.25, 0.3) is 0 Å². The molecule has 1 atom stereocenters. The van der Waals surface area contributed by atoms with E-state index >= 15 is 0 Å². The molecule has 0 aromatic carbocycles. The summed E-state index contributed by atoms with van der Waals surface area (Å²) in [5.41, 5.74) is 1.20. The lowest BCUT2D eigenvalue weighted by molar-refractivity contribution is -0.121. The number of hydrogen-bond donors (Lipinski definition) is 2. The molecule has 2 N–H and O–H groups in total. The Balaban J connectivity index is 2.13. The summed E-state index contributed by atoms with van der Waals surface area (Å²) in [6, 6.07) is 2.03. The first-order chi connectivity index (χ1) is 8.08. The Morgan fingerprint density at radius 3 is 2.88 bits per heavy atom. The number of carbonyl (C=O) groups excluding carboxylic acids is 1. The maximum Gasteiger partial charge on any atom is 0.220 e. The summed E-state index contributed by atoms with van der Waals surface area (Å²) in [4.78, 5) is 11.5. The average molecular weight is 255 g/mol. The second-order valence-electron chi connectivity index (χ2n) is 4.72. The summed E-state index contributed by atoms with van der Waals surface area (Å²) in [6.07, 6.45) is 1.56. The van der Waals surface area contributed by atoms with Crippen LogP contribution in [0, 0.1) is 5.92 Å². The van der Waals surface area contributed by atoms with E-state index in [2.05, 4.69) is 24.5 Å². The van der Waals surface area contributed by atoms with Crippen molar-refractivity contribution in [3.8, 4) is 0 Å². The van der Waals surface area contributed by atoms with E-state index < -0.39 is 6.10 Å². The second kappa shape index (κ2) is 7.45. The zero-order valence-corrected chi connectivity index (χ0v) is 11.3. The van der Waals surface area contributed by atoms with E-state index in [4.69, 9.17) is 0 Å². The van der Waals surface area contributed by atoms with Crippen molar-refractivity contribution in [2.24, 2.45) is 5.92 Å². The summed E-state index contributed by atoms with van der Waals surface area (Å²) in [6.45, 7) is 4.48. The van der Waals surface area contributed by atoms with Gasteiger partial charge in [-0.2, -0.15) is 11.3 Å². The Morgan fingerprint density at radius 2 is 2.29 bits per heavy atom. The fourth-order valence-corrected chi connectivity index (χ4v) is 2.34. The predicted octanol–water partition coefficient (Wildman–Crippen LogP) is 2.20. The summed E-state index contributed by atoms with van der Waals surface area (Å²) >= 11 is 1.64. The fraction of sp³-hybridized carbons (Fsp3) is 0.615. The van der Waals surface area contributed by atoms with Crippen molar-refractivity contribution >= 4 is 17.2 Å². The van der Waals surface area contributed by atoms with Crippen LogP contribution in [0.1, 0.15) is 32.3 Å². The number of hydrogen-bond acceptors (Lipinski definition) is 3. The van der Waals surface area contributed by atoms with Gasteiger partial charge in [-0.05, 0) is 41.1 Å². The molecule has 0 aliphatic rings. The first-order valence-corrected chi connectivity index (χ1v) is 6.98. The van der Waals surface area contributed by atoms with Crippen LogP contribution < -0.4 is 5.32 Å². The molecule has 0 saturated carbocycles. The molecular formula is C13H21NO2S. The molecule has 96 valence electrons. The lowest BCUT2D eigenvalue weighted by atomic mass is 10.1. The molecule has 1 heterocycles. The smallest absolute Gasteiger partial charge is 0.220 e. The van der Waals surface area contributed by atoms with Gasteiger partial charge in [0.1, 0.15) is 0 Å². The van der Waals surface area contributed by atoms with E-state index in [1.165, 1.54) is 5.56 Å². The predicted molar refractivity (Wildman–Crippen MR) is 71.1 cm³/mol. The zero-order valence-electron chi connectivity index (χ0n) is 10.5. The number of nitrogens with one attached hydrogen (secondary N) is 1. The second-order valence-corrected chi connectivity index (χ2v) is 5.50. The maximum atomic E-state index is 11.5. The van der Waals surface area contributed by atoms with Crippen LogP contribution in [0.3, 0.4) is 0 Å². The monoisotopic (exact) mass is 255 g/mol. The minimum Gasteiger partial charge on any atom is -0.391 e. The molecule has 0 spiro atoms. The quantitative estimate of drug-likeness (QED) is 0.785. The number of aliphatic hydroxyl groups excluding tert-OH is 1. The van der Waals surface area contributed by atoms with Crippen LogP contribution in [0.2, 0.25) is 0 Å². The number of thiophene rings is 1. The molecule has 1 aromatic heterocycles. The Labute approximate surface area is 107 Å². The van der Waals surface area contributed by atoms with E-state index in [9.17, 15) is 9.90 Å². The molecule has 1 aromatic rings. The lowest BCUT2D eigenvalue weighted by Gasteiger charge is -2.13. The largest absolute Gasteiger partial charge is 0.391 e. The number of aryl methyl sites for hydroxylation is 1. The fourth-order valence-electron chi connectivity index (χ4n) is 1.64. The summed E-state index contributed by atoms with van der Waals surface area (Å²) in [5.74, 6) is 0.465. The Morgan fingerprint density at radius 1 is 1.53 bits per heavy atom. The molecule has 0 saturated heterocycles. The molecular weight excluding hydrogens is 234 g/mol. The van der Waals surface area contributed by atoms with Crippen molar-refractivity contribution in [1.82, 2.24) is 5.32 Å². The summed E-state index contributed by atoms with van der Waals surface area (Å²) in [7, 11) is 0. The number of rotatable bonds is 7. The van der Waals surface area contributed by atoms with E-state index in [-0.39, 0.29) is 5.91 Å². The van der Waals surface area contributed by atoms with Gasteiger partial charge in [0.05, 0.1) is 6.10 Å². The Kier molecular flexibility index (Phi) is 6.22. The van der Waals surface area contributed by atoms with Crippen LogP contribution in [0.15, 0.2) is 16.8 Å². The summed E-state index contributed by atoms with van der Waals surface area (Å²) in [5, 5.41) is 16.4. The molecule has 0 fully saturated rings. The van der Waals surface area contributed by atoms with Crippen molar-refractivity contribution in [2.75, 3.05) is 6.54 Å². The van der Waals surface area contributed by atoms with Gasteiger partial charge in [-0.3, -0.25) is 4.79 Å². The van der Waals surface area contributed by atoms with E-state index in [0.717, 1.165) is 12.8 Å². The molecule has 1 rings (SSSR count). The molecule has 0 aliphatic heterocycles. The first kappa shape index (κ1) is 14.2. The molecule has 1 amide bonds. The minimum absolute atomic E-state index is 0.0130. The van der Waals surface area contributed by atoms with Gasteiger partial charge in [-0.15, -0.1) is 0 Å². The van der Waals surface area contributed by atoms with Gasteiger partial charge in [0.15, 0.2) is 0 Å². The van der Waals surface area contributed by atoms with Crippen LogP contribution in [0.5, 0.6) is 0 Å². The number of aliphatic hydroxyl groups is 1. The highest BCUT2D eigenvalue weighted by molar-refractivity contribution is 7.07. The van der Waals surface area contributed by atoms with E-state index in [1.54, 1.807) is 11.3 Å². The molecule has 17 heavy (non-hydrogen) atoms. The standard InChI is InChI=1S/C13H21NO2S/c1-10(2)7-12(15)8-14-13(16)4-3-11-5-6-17-9-11/h5-6,9-10,12,15H,3-4,7-8H2,1-2H3,(H,14,16). The van der Waals surface area contributed by atoms with Crippen molar-refractivity contribution < 1.29 is 9.90 Å². The summed E-state index contributed by atoms with van der Waals surface area (Å²) < 4.78 is 0. The number of carbonyl (C=O) groups is 1. The van der Waals surface area contributed by atoms with Crippen molar-refractivity contribution in [1.29, 1.82) is 0 Å². The van der Waals surface area contributed by atoms with Crippen molar-refractivity contribution in [3.63, 3.8) is 0 Å². The van der Waals surface area contributed by atoms with Crippen LogP contribution >= 0.6 is 11.3 Å². The van der Waals surface area contributed by atoms with Crippen molar-refractivity contribution in [3.05, 3.63) is 22.4 Å². The topological polar surface area (TPSA) is 49.3 Å². The SMILES string of the molecule is CC(C)CC(O)CNC(=O)CCc1ccsc1. The number of amides is 1. The van der Waals surface area contributed by atoms with Crippen LogP contribution in [0.25, 0.3) is 0 Å². The molecule has 3 nitrogen and oxygen atoms in total. The first-order valence-electron chi connectivity index (χ1n) is 6.03. The molecule has 1 unspecified atom stereocenters. The maximum absolute atomic E-state index is 11.5. The molecule has 0 bridgehead atoms. The van der Waals surface area contributed by atoms with Gasteiger partial charge in [-0.25, -0.2) is 0 Å². The lowest BCUT2D eigenvalue weighted by Crippen LogP contribution is -2.32. The molecule has 4 heteroatoms. The molecule has 0 radical (unpaired) electrons. The van der Waals surface area contributed by atoms with Gasteiger partial charge >= 0.3 is 0 Å². The van der Waals surface area contributed by atoms with Gasteiger partial charge in [0.2, 0.25) is 5.91 Å². The third kappa shape index (κ3) is 6.44. The van der Waals surface area contributed by atoms with Gasteiger partial charge in [0, 0.05) is 13.0 Å². The van der Waals surface area contributed by atoms with Gasteiger partial charge < -0.3 is 10.4 Å². The van der Waals surface area contributed by atoms with Crippen LogP contribution in [-0.4, -0.2) is 23.7 Å². The zero-order chi connectivity index (χ0) is 12.7. The third-order valence-electron chi connectivity index (χ3n) is 2.50. The Hall–Kier alpha value is -0.870. The highest BCUT2D eigenvalue weighted by atomic mass is 32.1. The van der Waals surface area contributed by atoms with Gasteiger partial charge in [-0.1, -0.05) is 13.8 Å². The average Bonchev–Trinajstić information content (AvgIpc) is 2.75. The normalized spacial score (nSPS) is 12.7. The van der Waals surface area contributed by atoms with Crippen LogP contribution in [-0.2, 0) is 11.2 Å². The highest BCUT2D eigenvalue weighted by Crippen LogP contribution is 2.08. The molecule has 0 aliphatic carbocycles. The Bertz CT molecular complexity index is 322. The van der Waals surface area contributed by atoms with E-state index in [1.807, 2.05) is 11.4 Å². The van der Waals surface area contributed by atoms with E-state index in [0.29, 0.717) is 18.9 Å². The minimum atomic E-state index is -0.430. The highest BCUT2D eigenvalue weighted by Gasteiger charge is 2.09. The van der Waals surface area contributed by atoms with Crippen LogP contribution in [0.4, 0.5) is 0 Å². The van der Waals surface area contributed by atoms with Crippen molar-refractivity contribution in [2.45, 2.75) is 39.2 Å².